The molecule has 0 fully saturated rings. The first-order chi connectivity index (χ1) is 6.42. The minimum absolute atomic E-state index is 0.481. The molecule has 2 heteroatoms. The summed E-state index contributed by atoms with van der Waals surface area (Å²) in [5.41, 5.74) is 1.23. The topological polar surface area (TPSA) is 9.23 Å². The van der Waals surface area contributed by atoms with Crippen LogP contribution in [-0.2, 0) is 0 Å². The van der Waals surface area contributed by atoms with Crippen LogP contribution in [0.25, 0.3) is 10.0 Å². The zero-order valence-electron chi connectivity index (χ0n) is 7.36. The molecule has 0 N–H and O–H groups in total. The van der Waals surface area contributed by atoms with Crippen LogP contribution in [0.4, 0.5) is 0 Å². The first kappa shape index (κ1) is 8.61. The number of benzene rings is 1. The molecule has 2 aromatic rings. The molecule has 0 saturated carbocycles. The molecule has 0 spiro atoms. The first-order valence-corrected chi connectivity index (χ1v) is 5.93. The van der Waals surface area contributed by atoms with Crippen LogP contribution in [0, 0.1) is 0 Å². The van der Waals surface area contributed by atoms with E-state index in [1.165, 1.54) is 10.0 Å². The van der Waals surface area contributed by atoms with Gasteiger partial charge in [-0.2, -0.15) is 0 Å². The predicted octanol–water partition coefficient (Wildman–Crippen LogP) is 2.42. The average molecular weight is 237 g/mol. The molecule has 0 bridgehead atoms. The van der Waals surface area contributed by atoms with Gasteiger partial charge < -0.3 is 0 Å². The molecule has 0 aliphatic rings. The van der Waals surface area contributed by atoms with Crippen LogP contribution in [0.15, 0.2) is 41.3 Å². The van der Waals surface area contributed by atoms with Crippen LogP contribution < -0.4 is 4.74 Å². The predicted molar refractivity (Wildman–Crippen MR) is 55.4 cm³/mol. The van der Waals surface area contributed by atoms with E-state index in [9.17, 15) is 0 Å². The Morgan fingerprint density at radius 1 is 1.08 bits per heavy atom. The molecule has 1 aromatic heterocycles. The van der Waals surface area contributed by atoms with E-state index < -0.39 is 0 Å². The van der Waals surface area contributed by atoms with Crippen LogP contribution in [0.3, 0.4) is 0 Å². The van der Waals surface area contributed by atoms with Gasteiger partial charge in [-0.25, -0.2) is 0 Å². The van der Waals surface area contributed by atoms with Gasteiger partial charge >= 0.3 is 83.4 Å². The Balaban J connectivity index is 2.51. The molecule has 0 aliphatic carbocycles. The Kier molecular flexibility index (Phi) is 2.53. The van der Waals surface area contributed by atoms with Crippen molar-refractivity contribution in [1.82, 2.24) is 0 Å². The summed E-state index contributed by atoms with van der Waals surface area (Å²) in [6.07, 6.45) is 0. The Bertz CT molecular complexity index is 379. The normalized spacial score (nSPS) is 9.92. The Labute approximate surface area is 83.7 Å². The Morgan fingerprint density at radius 2 is 1.92 bits per heavy atom. The third-order valence-corrected chi connectivity index (χ3v) is 3.79. The van der Waals surface area contributed by atoms with Gasteiger partial charge in [-0.1, -0.05) is 0 Å². The van der Waals surface area contributed by atoms with Gasteiger partial charge in [-0.05, 0) is 0 Å². The van der Waals surface area contributed by atoms with Crippen molar-refractivity contribution in [2.24, 2.45) is 0 Å². The maximum absolute atomic E-state index is 5.30. The fourth-order valence-corrected chi connectivity index (χ4v) is 2.87. The zero-order chi connectivity index (χ0) is 9.10. The SMILES string of the molecule is COc1ccccc1-c1ccc[se]1. The summed E-state index contributed by atoms with van der Waals surface area (Å²) in [5.74, 6) is 0.972. The van der Waals surface area contributed by atoms with Crippen molar-refractivity contribution in [1.29, 1.82) is 0 Å². The van der Waals surface area contributed by atoms with Gasteiger partial charge in [0, 0.05) is 0 Å². The van der Waals surface area contributed by atoms with Crippen LogP contribution in [-0.4, -0.2) is 21.6 Å². The van der Waals surface area contributed by atoms with Gasteiger partial charge in [-0.3, -0.25) is 0 Å². The summed E-state index contributed by atoms with van der Waals surface area (Å²) >= 11 is 0.481. The zero-order valence-corrected chi connectivity index (χ0v) is 9.07. The third kappa shape index (κ3) is 1.69. The Morgan fingerprint density at radius 3 is 2.62 bits per heavy atom. The second kappa shape index (κ2) is 3.82. The van der Waals surface area contributed by atoms with Gasteiger partial charge in [0.2, 0.25) is 0 Å². The fraction of sp³-hybridized carbons (Fsp3) is 0.0909. The Hall–Kier alpha value is -0.981. The maximum atomic E-state index is 5.30. The van der Waals surface area contributed by atoms with E-state index in [1.807, 2.05) is 18.2 Å². The number of methoxy groups -OCH3 is 1. The summed E-state index contributed by atoms with van der Waals surface area (Å²) in [4.78, 5) is 2.22. The second-order valence-corrected chi connectivity index (χ2v) is 4.67. The molecule has 1 heterocycles. The molecule has 0 unspecified atom stereocenters. The van der Waals surface area contributed by atoms with Gasteiger partial charge in [0.05, 0.1) is 0 Å². The van der Waals surface area contributed by atoms with Crippen molar-refractivity contribution in [3.63, 3.8) is 0 Å². The molecular formula is C11H10OSe. The van der Waals surface area contributed by atoms with Crippen molar-refractivity contribution >= 4 is 14.5 Å². The molecule has 13 heavy (non-hydrogen) atoms. The van der Waals surface area contributed by atoms with Crippen LogP contribution in [0.1, 0.15) is 0 Å². The molecule has 1 nitrogen and oxygen atoms in total. The number of ether oxygens (including phenoxy) is 1. The number of hydrogen-bond donors (Lipinski definition) is 0. The van der Waals surface area contributed by atoms with Gasteiger partial charge in [0.25, 0.3) is 0 Å². The van der Waals surface area contributed by atoms with E-state index in [-0.39, 0.29) is 0 Å². The number of hydrogen-bond acceptors (Lipinski definition) is 1. The number of para-hydroxylation sites is 1. The molecule has 0 amide bonds. The molecule has 0 aliphatic heterocycles. The third-order valence-electron chi connectivity index (χ3n) is 1.89. The van der Waals surface area contributed by atoms with E-state index in [4.69, 9.17) is 4.74 Å². The fourth-order valence-electron chi connectivity index (χ4n) is 1.28. The van der Waals surface area contributed by atoms with Crippen LogP contribution in [0.2, 0.25) is 0 Å². The average Bonchev–Trinajstić information content (AvgIpc) is 2.70. The van der Waals surface area contributed by atoms with E-state index in [0.29, 0.717) is 14.5 Å². The van der Waals surface area contributed by atoms with E-state index in [1.54, 1.807) is 7.11 Å². The van der Waals surface area contributed by atoms with Gasteiger partial charge in [0.15, 0.2) is 0 Å². The summed E-state index contributed by atoms with van der Waals surface area (Å²) in [6.45, 7) is 0. The standard InChI is InChI=1S/C11H10OSe/c1-12-10-6-3-2-5-9(10)11-7-4-8-13-11/h2-8H,1H3. The molecule has 0 radical (unpaired) electrons. The van der Waals surface area contributed by atoms with Crippen molar-refractivity contribution in [3.8, 4) is 15.8 Å². The molecule has 2 rings (SSSR count). The molecule has 1 aromatic carbocycles. The summed E-state index contributed by atoms with van der Waals surface area (Å²) in [6, 6.07) is 12.4. The molecule has 0 atom stereocenters. The molecular weight excluding hydrogens is 227 g/mol. The summed E-state index contributed by atoms with van der Waals surface area (Å²) < 4.78 is 6.69. The van der Waals surface area contributed by atoms with Crippen LogP contribution in [0.5, 0.6) is 5.75 Å². The van der Waals surface area contributed by atoms with Crippen LogP contribution >= 0.6 is 0 Å². The van der Waals surface area contributed by atoms with Crippen molar-refractivity contribution in [2.75, 3.05) is 7.11 Å². The first-order valence-electron chi connectivity index (χ1n) is 4.08. The minimum atomic E-state index is 0.481. The molecule has 0 saturated heterocycles. The van der Waals surface area contributed by atoms with E-state index >= 15 is 0 Å². The molecule has 66 valence electrons. The second-order valence-electron chi connectivity index (χ2n) is 2.68. The van der Waals surface area contributed by atoms with Crippen molar-refractivity contribution < 1.29 is 4.74 Å². The van der Waals surface area contributed by atoms with Gasteiger partial charge in [-0.15, -0.1) is 0 Å². The van der Waals surface area contributed by atoms with E-state index in [0.717, 1.165) is 5.75 Å². The summed E-state index contributed by atoms with van der Waals surface area (Å²) in [7, 11) is 1.72. The summed E-state index contributed by atoms with van der Waals surface area (Å²) in [5, 5.41) is 0. The van der Waals surface area contributed by atoms with Crippen molar-refractivity contribution in [2.45, 2.75) is 0 Å². The number of rotatable bonds is 2. The van der Waals surface area contributed by atoms with Gasteiger partial charge in [0.1, 0.15) is 0 Å². The quantitative estimate of drug-likeness (QED) is 0.729. The monoisotopic (exact) mass is 238 g/mol. The van der Waals surface area contributed by atoms with Crippen molar-refractivity contribution in [3.05, 3.63) is 41.3 Å². The van der Waals surface area contributed by atoms with E-state index in [2.05, 4.69) is 23.1 Å².